The summed E-state index contributed by atoms with van der Waals surface area (Å²) in [5.41, 5.74) is 0.466. The predicted molar refractivity (Wildman–Crippen MR) is 162 cm³/mol. The standard InChI is InChI=1S/C32H46N4O8/c1-6-42-31(40)32(12-11-22(2)3)19-24-9-10-26(27(17-24)41-5)43-20-29(38)33-13-15-36(14-7-8-28(37)34-21-32)30(39)18-25-16-23(4)35-44-25/h9-10,16-17,22H,6-8,11-15,18-21H2,1-5H3,(H,33,38)(H,34,37). The van der Waals surface area contributed by atoms with E-state index in [0.29, 0.717) is 54.7 Å². The molecule has 0 aliphatic carbocycles. The maximum atomic E-state index is 13.5. The lowest BCUT2D eigenvalue weighted by Crippen LogP contribution is -2.46. The molecule has 2 aliphatic heterocycles. The average molecular weight is 615 g/mol. The monoisotopic (exact) mass is 614 g/mol. The van der Waals surface area contributed by atoms with Crippen LogP contribution in [0.4, 0.5) is 0 Å². The van der Waals surface area contributed by atoms with E-state index in [0.717, 1.165) is 12.0 Å². The molecule has 1 aromatic heterocycles. The minimum absolute atomic E-state index is 0.0115. The Hall–Kier alpha value is -4.09. The molecule has 0 fully saturated rings. The smallest absolute Gasteiger partial charge is 0.314 e. The van der Waals surface area contributed by atoms with Crippen molar-refractivity contribution >= 4 is 23.7 Å². The highest BCUT2D eigenvalue weighted by molar-refractivity contribution is 5.81. The molecule has 44 heavy (non-hydrogen) atoms. The summed E-state index contributed by atoms with van der Waals surface area (Å²) in [4.78, 5) is 53.9. The number of aryl methyl sites for hydroxylation is 1. The Morgan fingerprint density at radius 3 is 2.61 bits per heavy atom. The van der Waals surface area contributed by atoms with Crippen LogP contribution in [0.3, 0.4) is 0 Å². The third-order valence-electron chi connectivity index (χ3n) is 7.55. The number of carbonyl (C=O) groups excluding carboxylic acids is 4. The Balaban J connectivity index is 1.88. The first-order valence-electron chi connectivity index (χ1n) is 15.3. The molecule has 3 heterocycles. The van der Waals surface area contributed by atoms with Crippen molar-refractivity contribution in [3.05, 3.63) is 41.3 Å². The number of benzene rings is 1. The molecular weight excluding hydrogens is 568 g/mol. The van der Waals surface area contributed by atoms with Crippen LogP contribution in [-0.2, 0) is 36.8 Å². The zero-order valence-electron chi connectivity index (χ0n) is 26.5. The second kappa shape index (κ2) is 16.7. The molecule has 3 amide bonds. The van der Waals surface area contributed by atoms with Gasteiger partial charge in [0.25, 0.3) is 5.91 Å². The number of amides is 3. The van der Waals surface area contributed by atoms with Gasteiger partial charge >= 0.3 is 5.97 Å². The molecule has 1 aromatic carbocycles. The Labute approximate surface area is 259 Å². The molecule has 2 bridgehead atoms. The molecule has 1 atom stereocenters. The van der Waals surface area contributed by atoms with E-state index in [4.69, 9.17) is 18.7 Å². The van der Waals surface area contributed by atoms with Crippen molar-refractivity contribution < 1.29 is 37.9 Å². The van der Waals surface area contributed by atoms with Crippen LogP contribution in [0.25, 0.3) is 0 Å². The lowest BCUT2D eigenvalue weighted by molar-refractivity contribution is -0.156. The van der Waals surface area contributed by atoms with E-state index in [-0.39, 0.29) is 69.4 Å². The van der Waals surface area contributed by atoms with Crippen molar-refractivity contribution in [3.8, 4) is 11.5 Å². The molecule has 0 radical (unpaired) electrons. The second-order valence-corrected chi connectivity index (χ2v) is 11.6. The summed E-state index contributed by atoms with van der Waals surface area (Å²) < 4.78 is 22.1. The summed E-state index contributed by atoms with van der Waals surface area (Å²) in [6.45, 7) is 8.50. The van der Waals surface area contributed by atoms with Gasteiger partial charge in [0.2, 0.25) is 11.8 Å². The normalized spacial score (nSPS) is 18.8. The first-order chi connectivity index (χ1) is 21.0. The molecule has 242 valence electrons. The van der Waals surface area contributed by atoms with Gasteiger partial charge < -0.3 is 34.3 Å². The molecule has 1 unspecified atom stereocenters. The third-order valence-corrected chi connectivity index (χ3v) is 7.55. The number of esters is 1. The maximum absolute atomic E-state index is 13.5. The van der Waals surface area contributed by atoms with Gasteiger partial charge in [0.05, 0.1) is 31.2 Å². The summed E-state index contributed by atoms with van der Waals surface area (Å²) in [7, 11) is 1.50. The Kier molecular flexibility index (Phi) is 13.0. The van der Waals surface area contributed by atoms with Crippen molar-refractivity contribution in [2.45, 2.75) is 66.2 Å². The first-order valence-corrected chi connectivity index (χ1v) is 15.3. The van der Waals surface area contributed by atoms with Gasteiger partial charge in [0.1, 0.15) is 5.76 Å². The van der Waals surface area contributed by atoms with Crippen LogP contribution in [0.5, 0.6) is 11.5 Å². The third kappa shape index (κ3) is 10.3. The predicted octanol–water partition coefficient (Wildman–Crippen LogP) is 3.00. The van der Waals surface area contributed by atoms with Crippen LogP contribution >= 0.6 is 0 Å². The van der Waals surface area contributed by atoms with E-state index in [9.17, 15) is 19.2 Å². The van der Waals surface area contributed by atoms with Gasteiger partial charge in [-0.1, -0.05) is 25.1 Å². The minimum atomic E-state index is -1.01. The summed E-state index contributed by atoms with van der Waals surface area (Å²) in [5, 5.41) is 9.60. The topological polar surface area (TPSA) is 149 Å². The molecule has 2 aromatic rings. The van der Waals surface area contributed by atoms with Crippen LogP contribution in [0.2, 0.25) is 0 Å². The van der Waals surface area contributed by atoms with E-state index in [1.165, 1.54) is 7.11 Å². The summed E-state index contributed by atoms with van der Waals surface area (Å²) in [6, 6.07) is 7.02. The highest BCUT2D eigenvalue weighted by Gasteiger charge is 2.40. The number of nitrogens with zero attached hydrogens (tertiary/aromatic N) is 2. The number of ether oxygens (including phenoxy) is 3. The SMILES string of the molecule is CCOC(=O)C1(CCC(C)C)CNC(=O)CCCN(C(=O)Cc2cc(C)no2)CCNC(=O)COc2ccc(cc2OC)C1. The van der Waals surface area contributed by atoms with Gasteiger partial charge in [-0.3, -0.25) is 19.2 Å². The van der Waals surface area contributed by atoms with Gasteiger partial charge in [-0.15, -0.1) is 0 Å². The summed E-state index contributed by atoms with van der Waals surface area (Å²) in [5.74, 6) is 0.388. The van der Waals surface area contributed by atoms with E-state index in [2.05, 4.69) is 29.6 Å². The summed E-state index contributed by atoms with van der Waals surface area (Å²) >= 11 is 0. The van der Waals surface area contributed by atoms with Gasteiger partial charge in [0, 0.05) is 38.7 Å². The minimum Gasteiger partial charge on any atom is -0.493 e. The molecule has 12 heteroatoms. The fourth-order valence-electron chi connectivity index (χ4n) is 5.10. The molecule has 12 nitrogen and oxygen atoms in total. The Morgan fingerprint density at radius 1 is 1.14 bits per heavy atom. The quantitative estimate of drug-likeness (QED) is 0.338. The van der Waals surface area contributed by atoms with Crippen LogP contribution in [-0.4, -0.2) is 80.3 Å². The molecular formula is C32H46N4O8. The first kappa shape index (κ1) is 34.4. The Morgan fingerprint density at radius 2 is 1.93 bits per heavy atom. The van der Waals surface area contributed by atoms with Crippen molar-refractivity contribution in [2.75, 3.05) is 46.5 Å². The van der Waals surface area contributed by atoms with Crippen LogP contribution < -0.4 is 20.1 Å². The second-order valence-electron chi connectivity index (χ2n) is 11.6. The van der Waals surface area contributed by atoms with Crippen LogP contribution in [0, 0.1) is 18.3 Å². The van der Waals surface area contributed by atoms with Crippen LogP contribution in [0.1, 0.15) is 63.5 Å². The van der Waals surface area contributed by atoms with E-state index >= 15 is 0 Å². The number of nitrogens with one attached hydrogen (secondary N) is 2. The highest BCUT2D eigenvalue weighted by atomic mass is 16.5. The number of hydrogen-bond acceptors (Lipinski definition) is 9. The number of aromatic nitrogens is 1. The van der Waals surface area contributed by atoms with Crippen molar-refractivity contribution in [3.63, 3.8) is 0 Å². The highest BCUT2D eigenvalue weighted by Crippen LogP contribution is 2.35. The molecule has 0 saturated carbocycles. The van der Waals surface area contributed by atoms with Gasteiger partial charge in [0.15, 0.2) is 18.1 Å². The maximum Gasteiger partial charge on any atom is 0.314 e. The molecule has 2 aliphatic rings. The zero-order valence-corrected chi connectivity index (χ0v) is 26.5. The van der Waals surface area contributed by atoms with Gasteiger partial charge in [-0.25, -0.2) is 0 Å². The van der Waals surface area contributed by atoms with E-state index in [1.54, 1.807) is 36.9 Å². The fraction of sp³-hybridized carbons (Fsp3) is 0.594. The van der Waals surface area contributed by atoms with Crippen LogP contribution in [0.15, 0.2) is 28.8 Å². The van der Waals surface area contributed by atoms with Crippen molar-refractivity contribution in [1.29, 1.82) is 0 Å². The fourth-order valence-corrected chi connectivity index (χ4v) is 5.10. The molecule has 0 saturated heterocycles. The summed E-state index contributed by atoms with van der Waals surface area (Å²) in [6.07, 6.45) is 2.12. The number of fused-ring (bicyclic) bond motifs is 16. The van der Waals surface area contributed by atoms with Crippen molar-refractivity contribution in [1.82, 2.24) is 20.7 Å². The lowest BCUT2D eigenvalue weighted by Gasteiger charge is -2.33. The average Bonchev–Trinajstić information content (AvgIpc) is 3.40. The largest absolute Gasteiger partial charge is 0.493 e. The van der Waals surface area contributed by atoms with E-state index in [1.807, 2.05) is 6.07 Å². The molecule has 4 rings (SSSR count). The number of carbonyl (C=O) groups is 4. The lowest BCUT2D eigenvalue weighted by atomic mass is 9.76. The number of methoxy groups -OCH3 is 1. The zero-order chi connectivity index (χ0) is 32.1. The number of rotatable bonds is 8. The van der Waals surface area contributed by atoms with Crippen molar-refractivity contribution in [2.24, 2.45) is 11.3 Å². The van der Waals surface area contributed by atoms with Gasteiger partial charge in [-0.2, -0.15) is 0 Å². The number of hydrogen-bond donors (Lipinski definition) is 2. The molecule has 2 N–H and O–H groups in total. The van der Waals surface area contributed by atoms with Gasteiger partial charge in [-0.05, 0) is 63.1 Å². The van der Waals surface area contributed by atoms with E-state index < -0.39 is 5.41 Å². The Bertz CT molecular complexity index is 1280. The molecule has 0 spiro atoms.